The molecule has 2 rings (SSSR count). The van der Waals surface area contributed by atoms with Crippen LogP contribution in [0.3, 0.4) is 0 Å². The maximum atomic E-state index is 12.5. The number of carbonyl (C=O) groups excluding carboxylic acids is 2. The second-order valence-corrected chi connectivity index (χ2v) is 6.17. The minimum atomic E-state index is -0.846. The van der Waals surface area contributed by atoms with Gasteiger partial charge in [0.15, 0.2) is 0 Å². The predicted molar refractivity (Wildman–Crippen MR) is 73.8 cm³/mol. The van der Waals surface area contributed by atoms with Gasteiger partial charge in [0.1, 0.15) is 19.0 Å². The predicted octanol–water partition coefficient (Wildman–Crippen LogP) is 0.559. The van der Waals surface area contributed by atoms with Gasteiger partial charge >= 0.3 is 6.09 Å². The lowest BCUT2D eigenvalue weighted by Crippen LogP contribution is -2.44. The minimum Gasteiger partial charge on any atom is -0.443 e. The third-order valence-corrected chi connectivity index (χ3v) is 3.31. The number of hydrogen-bond acceptors (Lipinski definition) is 4. The molecule has 0 aliphatic carbocycles. The Hall–Kier alpha value is -1.79. The van der Waals surface area contributed by atoms with Crippen molar-refractivity contribution in [1.29, 1.82) is 0 Å². The van der Waals surface area contributed by atoms with Crippen LogP contribution in [0.4, 0.5) is 4.79 Å². The topological polar surface area (TPSA) is 64.4 Å². The molecule has 1 aliphatic heterocycles. The van der Waals surface area contributed by atoms with Crippen molar-refractivity contribution >= 4 is 25.4 Å². The lowest BCUT2D eigenvalue weighted by Gasteiger charge is -2.26. The summed E-state index contributed by atoms with van der Waals surface area (Å²) in [5.41, 5.74) is -1.13. The second kappa shape index (κ2) is 4.65. The standard InChI is InChI=1S/C13H18BN3O3/c1-12(2,3)20-11(19)17-6-5-13(4,10(17)18)16-7-9(14)15-8-16/h7-8H,5-6H2,1-4H3. The summed E-state index contributed by atoms with van der Waals surface area (Å²) in [4.78, 5) is 29.6. The lowest BCUT2D eigenvalue weighted by atomic mass is 10.00. The largest absolute Gasteiger partial charge is 0.443 e. The van der Waals surface area contributed by atoms with Gasteiger partial charge < -0.3 is 9.30 Å². The molecule has 1 saturated heterocycles. The van der Waals surface area contributed by atoms with E-state index in [1.54, 1.807) is 38.5 Å². The van der Waals surface area contributed by atoms with Crippen molar-refractivity contribution in [2.24, 2.45) is 0 Å². The quantitative estimate of drug-likeness (QED) is 0.702. The molecule has 106 valence electrons. The van der Waals surface area contributed by atoms with Gasteiger partial charge in [0, 0.05) is 18.3 Å². The van der Waals surface area contributed by atoms with Crippen LogP contribution < -0.4 is 5.59 Å². The Morgan fingerprint density at radius 3 is 2.65 bits per heavy atom. The first kappa shape index (κ1) is 14.6. The van der Waals surface area contributed by atoms with Crippen LogP contribution in [-0.2, 0) is 15.1 Å². The smallest absolute Gasteiger partial charge is 0.417 e. The highest BCUT2D eigenvalue weighted by Gasteiger charge is 2.47. The molecule has 2 amide bonds. The van der Waals surface area contributed by atoms with Crippen LogP contribution in [0.25, 0.3) is 0 Å². The zero-order valence-corrected chi connectivity index (χ0v) is 12.2. The first-order valence-corrected chi connectivity index (χ1v) is 6.48. The third-order valence-electron chi connectivity index (χ3n) is 3.31. The van der Waals surface area contributed by atoms with Gasteiger partial charge in [-0.3, -0.25) is 9.78 Å². The van der Waals surface area contributed by atoms with E-state index in [0.717, 1.165) is 4.90 Å². The molecule has 1 unspecified atom stereocenters. The van der Waals surface area contributed by atoms with Gasteiger partial charge in [-0.15, -0.1) is 0 Å². The molecule has 0 N–H and O–H groups in total. The van der Waals surface area contributed by atoms with Crippen molar-refractivity contribution in [2.75, 3.05) is 6.54 Å². The number of aromatic nitrogens is 2. The Bertz CT molecular complexity index is 549. The van der Waals surface area contributed by atoms with Crippen molar-refractivity contribution in [3.8, 4) is 0 Å². The molecule has 1 atom stereocenters. The number of imidazole rings is 1. The highest BCUT2D eigenvalue weighted by molar-refractivity contribution is 6.30. The molecule has 0 spiro atoms. The monoisotopic (exact) mass is 275 g/mol. The molecule has 2 radical (unpaired) electrons. The fourth-order valence-electron chi connectivity index (χ4n) is 2.17. The van der Waals surface area contributed by atoms with Crippen LogP contribution in [0.2, 0.25) is 0 Å². The van der Waals surface area contributed by atoms with E-state index in [1.807, 2.05) is 0 Å². The molecular formula is C13H18BN3O3. The third kappa shape index (κ3) is 2.57. The Kier molecular flexibility index (Phi) is 3.40. The number of rotatable bonds is 1. The number of likely N-dealkylation sites (tertiary alicyclic amines) is 1. The average Bonchev–Trinajstić information content (AvgIpc) is 2.84. The van der Waals surface area contributed by atoms with E-state index in [4.69, 9.17) is 12.6 Å². The number of ether oxygens (including phenoxy) is 1. The average molecular weight is 275 g/mol. The number of carbonyl (C=O) groups is 2. The van der Waals surface area contributed by atoms with Crippen molar-refractivity contribution in [2.45, 2.75) is 45.3 Å². The van der Waals surface area contributed by atoms with Gasteiger partial charge in [-0.25, -0.2) is 9.69 Å². The van der Waals surface area contributed by atoms with Crippen molar-refractivity contribution < 1.29 is 14.3 Å². The van der Waals surface area contributed by atoms with Crippen LogP contribution in [0.5, 0.6) is 0 Å². The summed E-state index contributed by atoms with van der Waals surface area (Å²) in [7, 11) is 5.58. The van der Waals surface area contributed by atoms with E-state index in [0.29, 0.717) is 18.6 Å². The fraction of sp³-hybridized carbons (Fsp3) is 0.615. The van der Waals surface area contributed by atoms with E-state index in [9.17, 15) is 9.59 Å². The van der Waals surface area contributed by atoms with E-state index in [2.05, 4.69) is 4.98 Å². The number of nitrogens with zero attached hydrogens (tertiary/aromatic N) is 3. The first-order valence-electron chi connectivity index (χ1n) is 6.48. The van der Waals surface area contributed by atoms with Gasteiger partial charge in [-0.1, -0.05) is 0 Å². The van der Waals surface area contributed by atoms with Gasteiger partial charge in [-0.2, -0.15) is 0 Å². The minimum absolute atomic E-state index is 0.302. The van der Waals surface area contributed by atoms with E-state index in [-0.39, 0.29) is 5.91 Å². The Balaban J connectivity index is 2.19. The van der Waals surface area contributed by atoms with Gasteiger partial charge in [0.05, 0.1) is 6.33 Å². The molecule has 1 aliphatic rings. The molecule has 2 heterocycles. The molecular weight excluding hydrogens is 257 g/mol. The SMILES string of the molecule is [B]c1cn(C2(C)CCN(C(=O)OC(C)(C)C)C2=O)cn1. The molecule has 0 aromatic carbocycles. The number of hydrogen-bond donors (Lipinski definition) is 0. The van der Waals surface area contributed by atoms with Crippen molar-refractivity contribution in [1.82, 2.24) is 14.5 Å². The van der Waals surface area contributed by atoms with Gasteiger partial charge in [-0.05, 0) is 34.1 Å². The number of amides is 2. The van der Waals surface area contributed by atoms with Crippen molar-refractivity contribution in [3.05, 3.63) is 12.5 Å². The molecule has 1 fully saturated rings. The van der Waals surface area contributed by atoms with E-state index < -0.39 is 17.2 Å². The van der Waals surface area contributed by atoms with Gasteiger partial charge in [0.25, 0.3) is 5.91 Å². The molecule has 1 aromatic rings. The Labute approximate surface area is 119 Å². The highest BCUT2D eigenvalue weighted by atomic mass is 16.6. The van der Waals surface area contributed by atoms with Crippen LogP contribution in [0.15, 0.2) is 12.5 Å². The fourth-order valence-corrected chi connectivity index (χ4v) is 2.17. The lowest BCUT2D eigenvalue weighted by molar-refractivity contribution is -0.133. The summed E-state index contributed by atoms with van der Waals surface area (Å²) >= 11 is 0. The van der Waals surface area contributed by atoms with E-state index >= 15 is 0 Å². The first-order chi connectivity index (χ1) is 9.13. The maximum Gasteiger partial charge on any atom is 0.417 e. The van der Waals surface area contributed by atoms with E-state index in [1.165, 1.54) is 6.33 Å². The van der Waals surface area contributed by atoms with Crippen molar-refractivity contribution in [3.63, 3.8) is 0 Å². The van der Waals surface area contributed by atoms with Gasteiger partial charge in [0.2, 0.25) is 0 Å². The molecule has 20 heavy (non-hydrogen) atoms. The molecule has 7 heteroatoms. The van der Waals surface area contributed by atoms with Crippen LogP contribution in [0.1, 0.15) is 34.1 Å². The molecule has 6 nitrogen and oxygen atoms in total. The molecule has 1 aromatic heterocycles. The summed E-state index contributed by atoms with van der Waals surface area (Å²) in [6.45, 7) is 7.38. The summed E-state index contributed by atoms with van der Waals surface area (Å²) in [6, 6.07) is 0. The summed E-state index contributed by atoms with van der Waals surface area (Å²) < 4.78 is 6.89. The zero-order chi connectivity index (χ0) is 15.1. The van der Waals surface area contributed by atoms with Crippen LogP contribution >= 0.6 is 0 Å². The van der Waals surface area contributed by atoms with Crippen LogP contribution in [-0.4, -0.2) is 46.4 Å². The Morgan fingerprint density at radius 2 is 2.15 bits per heavy atom. The number of imide groups is 1. The summed E-state index contributed by atoms with van der Waals surface area (Å²) in [6.07, 6.45) is 2.99. The zero-order valence-electron chi connectivity index (χ0n) is 12.2. The summed E-state index contributed by atoms with van der Waals surface area (Å²) in [5.74, 6) is -0.302. The highest BCUT2D eigenvalue weighted by Crippen LogP contribution is 2.30. The van der Waals surface area contributed by atoms with Crippen LogP contribution in [0, 0.1) is 0 Å². The molecule has 0 bridgehead atoms. The normalized spacial score (nSPS) is 23.2. The Morgan fingerprint density at radius 1 is 1.50 bits per heavy atom. The molecule has 0 saturated carbocycles. The summed E-state index contributed by atoms with van der Waals surface area (Å²) in [5, 5.41) is 0. The maximum absolute atomic E-state index is 12.5. The second-order valence-electron chi connectivity index (χ2n) is 6.17.